The number of alkyl halides is 3. The minimum atomic E-state index is -4.39. The van der Waals surface area contributed by atoms with Gasteiger partial charge in [-0.15, -0.1) is 0 Å². The average Bonchev–Trinajstić information content (AvgIpc) is 1.14. The minimum absolute atomic E-state index is 0.903. The third kappa shape index (κ3) is 7.71. The van der Waals surface area contributed by atoms with E-state index in [2.05, 4.69) is 5.73 Å². The lowest BCUT2D eigenvalue weighted by Gasteiger charge is -2.18. The molecule has 1 unspecified atom stereocenters. The number of aliphatic hydroxyl groups is 1. The summed E-state index contributed by atoms with van der Waals surface area (Å²) < 4.78 is 33.9. The van der Waals surface area contributed by atoms with Crippen LogP contribution < -0.4 is 5.73 Å². The molecule has 0 aliphatic rings. The Balaban J connectivity index is 3.75. The zero-order chi connectivity index (χ0) is 7.71. The molecule has 3 N–H and O–H groups in total. The monoisotopic (exact) mass is 143 g/mol. The van der Waals surface area contributed by atoms with Crippen LogP contribution in [-0.2, 0) is 0 Å². The van der Waals surface area contributed by atoms with Crippen LogP contribution in [0, 0.1) is 0 Å². The maximum atomic E-state index is 11.3. The number of rotatable bonds is 1. The molecule has 0 aromatic carbocycles. The third-order valence-electron chi connectivity index (χ3n) is 0.558. The Morgan fingerprint density at radius 1 is 1.44 bits per heavy atom. The molecule has 2 nitrogen and oxygen atoms in total. The molecule has 0 aliphatic heterocycles. The highest BCUT2D eigenvalue weighted by Gasteiger charge is 2.35. The molecule has 0 aromatic rings. The van der Waals surface area contributed by atoms with Crippen molar-refractivity contribution in [2.45, 2.75) is 25.2 Å². The maximum Gasteiger partial charge on any atom is 0.393 e. The summed E-state index contributed by atoms with van der Waals surface area (Å²) in [4.78, 5) is 0. The lowest BCUT2D eigenvalue weighted by atomic mass is 10.2. The average molecular weight is 143 g/mol. The van der Waals surface area contributed by atoms with Crippen LogP contribution in [0.3, 0.4) is 0 Å². The number of hydrogen-bond acceptors (Lipinski definition) is 2. The van der Waals surface area contributed by atoms with Gasteiger partial charge in [0, 0.05) is 0 Å². The zero-order valence-electron chi connectivity index (χ0n) is 4.87. The van der Waals surface area contributed by atoms with Crippen LogP contribution in [0.1, 0.15) is 13.3 Å². The van der Waals surface area contributed by atoms with Crippen LogP contribution >= 0.6 is 0 Å². The van der Waals surface area contributed by atoms with Gasteiger partial charge in [-0.25, -0.2) is 0 Å². The first kappa shape index (κ1) is 8.71. The van der Waals surface area contributed by atoms with E-state index in [4.69, 9.17) is 5.11 Å². The Kier molecular flexibility index (Phi) is 2.08. The van der Waals surface area contributed by atoms with Gasteiger partial charge < -0.3 is 10.8 Å². The van der Waals surface area contributed by atoms with Crippen LogP contribution in [0.4, 0.5) is 13.2 Å². The molecule has 0 fully saturated rings. The van der Waals surface area contributed by atoms with Gasteiger partial charge in [-0.1, -0.05) is 0 Å². The summed E-state index contributed by atoms with van der Waals surface area (Å²) in [5.41, 5.74) is 2.52. The lowest BCUT2D eigenvalue weighted by molar-refractivity contribution is -0.171. The highest BCUT2D eigenvalue weighted by atomic mass is 19.4. The number of halogens is 3. The van der Waals surface area contributed by atoms with E-state index in [1.165, 1.54) is 0 Å². The van der Waals surface area contributed by atoms with Crippen LogP contribution in [0.25, 0.3) is 0 Å². The standard InChI is InChI=1S/C4H8F3NO/c1-3(8,9)2-4(5,6)7/h9H,2,8H2,1H3. The van der Waals surface area contributed by atoms with Gasteiger partial charge >= 0.3 is 6.18 Å². The van der Waals surface area contributed by atoms with E-state index in [1.807, 2.05) is 0 Å². The fraction of sp³-hybridized carbons (Fsp3) is 1.00. The van der Waals surface area contributed by atoms with Gasteiger partial charge in [0.2, 0.25) is 0 Å². The van der Waals surface area contributed by atoms with E-state index in [0.29, 0.717) is 0 Å². The molecular formula is C4H8F3NO. The molecule has 5 heteroatoms. The molecule has 0 rings (SSSR count). The first-order valence-corrected chi connectivity index (χ1v) is 2.29. The topological polar surface area (TPSA) is 46.2 Å². The van der Waals surface area contributed by atoms with E-state index >= 15 is 0 Å². The Morgan fingerprint density at radius 3 is 1.78 bits per heavy atom. The fourth-order valence-corrected chi connectivity index (χ4v) is 0.406. The quantitative estimate of drug-likeness (QED) is 0.528. The summed E-state index contributed by atoms with van der Waals surface area (Å²) in [6, 6.07) is 0. The van der Waals surface area contributed by atoms with Crippen molar-refractivity contribution in [3.63, 3.8) is 0 Å². The van der Waals surface area contributed by atoms with Crippen LogP contribution in [0.15, 0.2) is 0 Å². The zero-order valence-corrected chi connectivity index (χ0v) is 4.87. The van der Waals surface area contributed by atoms with Crippen LogP contribution in [0.5, 0.6) is 0 Å². The Labute approximate surface area is 50.5 Å². The van der Waals surface area contributed by atoms with Gasteiger partial charge in [0.25, 0.3) is 0 Å². The molecule has 9 heavy (non-hydrogen) atoms. The van der Waals surface area contributed by atoms with Gasteiger partial charge in [-0.05, 0) is 6.92 Å². The second kappa shape index (κ2) is 2.15. The lowest BCUT2D eigenvalue weighted by Crippen LogP contribution is -2.40. The van der Waals surface area contributed by atoms with E-state index in [1.54, 1.807) is 0 Å². The molecule has 56 valence electrons. The largest absolute Gasteiger partial charge is 0.393 e. The van der Waals surface area contributed by atoms with E-state index in [0.717, 1.165) is 6.92 Å². The smallest absolute Gasteiger partial charge is 0.376 e. The molecule has 0 saturated carbocycles. The molecule has 0 aromatic heterocycles. The predicted octanol–water partition coefficient (Wildman–Crippen LogP) is 0.606. The van der Waals surface area contributed by atoms with Gasteiger partial charge in [0.05, 0.1) is 6.42 Å². The fourth-order valence-electron chi connectivity index (χ4n) is 0.406. The predicted molar refractivity (Wildman–Crippen MR) is 25.5 cm³/mol. The van der Waals surface area contributed by atoms with Crippen LogP contribution in [0.2, 0.25) is 0 Å². The highest BCUT2D eigenvalue weighted by molar-refractivity contribution is 4.67. The van der Waals surface area contributed by atoms with E-state index in [9.17, 15) is 13.2 Å². The third-order valence-corrected chi connectivity index (χ3v) is 0.558. The van der Waals surface area contributed by atoms with Crippen molar-refractivity contribution in [1.29, 1.82) is 0 Å². The first-order valence-electron chi connectivity index (χ1n) is 2.29. The minimum Gasteiger partial charge on any atom is -0.376 e. The van der Waals surface area contributed by atoms with Gasteiger partial charge in [-0.3, -0.25) is 0 Å². The molecule has 0 saturated heterocycles. The number of hydrogen-bond donors (Lipinski definition) is 2. The Bertz CT molecular complexity index is 81.0. The van der Waals surface area contributed by atoms with E-state index < -0.39 is 18.3 Å². The van der Waals surface area contributed by atoms with Gasteiger partial charge in [-0.2, -0.15) is 13.2 Å². The van der Waals surface area contributed by atoms with Crippen molar-refractivity contribution in [2.24, 2.45) is 5.73 Å². The SMILES string of the molecule is CC(N)(O)CC(F)(F)F. The summed E-state index contributed by atoms with van der Waals surface area (Å²) in [5.74, 6) is 0. The van der Waals surface area contributed by atoms with Gasteiger partial charge in [0.1, 0.15) is 5.72 Å². The first-order chi connectivity index (χ1) is 3.71. The summed E-state index contributed by atoms with van der Waals surface area (Å²) in [5, 5.41) is 8.41. The molecule has 0 bridgehead atoms. The van der Waals surface area contributed by atoms with Crippen molar-refractivity contribution in [3.8, 4) is 0 Å². The van der Waals surface area contributed by atoms with Crippen molar-refractivity contribution in [2.75, 3.05) is 0 Å². The summed E-state index contributed by atoms with van der Waals surface area (Å²) in [7, 11) is 0. The second-order valence-corrected chi connectivity index (χ2v) is 2.15. The molecule has 0 amide bonds. The molecular weight excluding hydrogens is 135 g/mol. The molecule has 0 radical (unpaired) electrons. The molecule has 1 atom stereocenters. The van der Waals surface area contributed by atoms with Gasteiger partial charge in [0.15, 0.2) is 0 Å². The van der Waals surface area contributed by atoms with Crippen molar-refractivity contribution in [3.05, 3.63) is 0 Å². The normalized spacial score (nSPS) is 19.3. The van der Waals surface area contributed by atoms with Crippen molar-refractivity contribution < 1.29 is 18.3 Å². The Hall–Kier alpha value is -0.290. The molecule has 0 aliphatic carbocycles. The summed E-state index contributed by atoms with van der Waals surface area (Å²) in [6.07, 6.45) is -5.77. The van der Waals surface area contributed by atoms with Crippen molar-refractivity contribution in [1.82, 2.24) is 0 Å². The van der Waals surface area contributed by atoms with E-state index in [-0.39, 0.29) is 0 Å². The Morgan fingerprint density at radius 2 is 1.78 bits per heavy atom. The highest BCUT2D eigenvalue weighted by Crippen LogP contribution is 2.23. The summed E-state index contributed by atoms with van der Waals surface area (Å²) in [6.45, 7) is 0.903. The van der Waals surface area contributed by atoms with Crippen LogP contribution in [-0.4, -0.2) is 17.0 Å². The molecule has 0 heterocycles. The second-order valence-electron chi connectivity index (χ2n) is 2.15. The maximum absolute atomic E-state index is 11.3. The van der Waals surface area contributed by atoms with Crippen molar-refractivity contribution >= 4 is 0 Å². The number of nitrogens with two attached hydrogens (primary N) is 1. The summed E-state index contributed by atoms with van der Waals surface area (Å²) >= 11 is 0. The molecule has 0 spiro atoms.